The maximum atomic E-state index is 11.2. The molecule has 1 aliphatic carbocycles. The van der Waals surface area contributed by atoms with Crippen molar-refractivity contribution in [3.8, 4) is 0 Å². The Hall–Kier alpha value is -0.440. The summed E-state index contributed by atoms with van der Waals surface area (Å²) in [6, 6.07) is 0. The van der Waals surface area contributed by atoms with E-state index in [1.807, 2.05) is 6.26 Å². The topological polar surface area (TPSA) is 29.1 Å². The molecule has 2 nitrogen and oxygen atoms in total. The molecule has 0 bridgehead atoms. The predicted molar refractivity (Wildman–Crippen MR) is 53.1 cm³/mol. The van der Waals surface area contributed by atoms with Crippen molar-refractivity contribution in [3.63, 3.8) is 0 Å². The third-order valence-corrected chi connectivity index (χ3v) is 2.65. The minimum atomic E-state index is 0.0338. The number of nitrogens with one attached hydrogen (secondary N) is 1. The largest absolute Gasteiger partial charge is 0.347 e. The lowest BCUT2D eigenvalue weighted by Crippen LogP contribution is -2.50. The SMILES string of the molecule is CS/C=C/C(=O)NC1(C)CCC1. The van der Waals surface area contributed by atoms with Crippen molar-refractivity contribution in [2.24, 2.45) is 0 Å². The van der Waals surface area contributed by atoms with E-state index in [0.29, 0.717) is 0 Å². The molecule has 0 aliphatic heterocycles. The average Bonchev–Trinajstić information content (AvgIpc) is 1.98. The molecule has 1 amide bonds. The maximum absolute atomic E-state index is 11.2. The summed E-state index contributed by atoms with van der Waals surface area (Å²) < 4.78 is 0. The minimum Gasteiger partial charge on any atom is -0.347 e. The molecule has 0 saturated heterocycles. The highest BCUT2D eigenvalue weighted by molar-refractivity contribution is 8.01. The molecule has 0 aromatic rings. The third kappa shape index (κ3) is 2.55. The van der Waals surface area contributed by atoms with Gasteiger partial charge < -0.3 is 5.32 Å². The molecule has 12 heavy (non-hydrogen) atoms. The molecule has 1 fully saturated rings. The molecule has 68 valence electrons. The highest BCUT2D eigenvalue weighted by Gasteiger charge is 2.32. The van der Waals surface area contributed by atoms with Gasteiger partial charge in [-0.15, -0.1) is 11.8 Å². The molecule has 1 rings (SSSR count). The van der Waals surface area contributed by atoms with Crippen LogP contribution >= 0.6 is 11.8 Å². The van der Waals surface area contributed by atoms with Gasteiger partial charge in [-0.3, -0.25) is 4.79 Å². The van der Waals surface area contributed by atoms with Gasteiger partial charge in [0.2, 0.25) is 5.91 Å². The molecule has 0 aromatic carbocycles. The fourth-order valence-corrected chi connectivity index (χ4v) is 1.56. The summed E-state index contributed by atoms with van der Waals surface area (Å²) >= 11 is 1.54. The zero-order valence-corrected chi connectivity index (χ0v) is 8.41. The summed E-state index contributed by atoms with van der Waals surface area (Å²) in [5.74, 6) is 0.0338. The Bertz CT molecular complexity index is 197. The molecule has 0 spiro atoms. The fourth-order valence-electron chi connectivity index (χ4n) is 1.30. The van der Waals surface area contributed by atoms with Gasteiger partial charge in [-0.2, -0.15) is 0 Å². The number of carbonyl (C=O) groups excluding carboxylic acids is 1. The first kappa shape index (κ1) is 9.65. The Balaban J connectivity index is 2.30. The summed E-state index contributed by atoms with van der Waals surface area (Å²) in [4.78, 5) is 11.2. The van der Waals surface area contributed by atoms with Crippen molar-refractivity contribution in [3.05, 3.63) is 11.5 Å². The van der Waals surface area contributed by atoms with Gasteiger partial charge in [-0.1, -0.05) is 0 Å². The van der Waals surface area contributed by atoms with Gasteiger partial charge in [0.1, 0.15) is 0 Å². The molecule has 0 atom stereocenters. The van der Waals surface area contributed by atoms with Gasteiger partial charge in [0.15, 0.2) is 0 Å². The maximum Gasteiger partial charge on any atom is 0.244 e. The Morgan fingerprint density at radius 3 is 2.67 bits per heavy atom. The van der Waals surface area contributed by atoms with E-state index in [2.05, 4.69) is 12.2 Å². The normalized spacial score (nSPS) is 20.5. The van der Waals surface area contributed by atoms with Crippen LogP contribution in [0.25, 0.3) is 0 Å². The highest BCUT2D eigenvalue weighted by Crippen LogP contribution is 2.30. The van der Waals surface area contributed by atoms with Crippen LogP contribution in [0, 0.1) is 0 Å². The van der Waals surface area contributed by atoms with Gasteiger partial charge in [-0.25, -0.2) is 0 Å². The predicted octanol–water partition coefficient (Wildman–Crippen LogP) is 1.92. The monoisotopic (exact) mass is 185 g/mol. The van der Waals surface area contributed by atoms with Gasteiger partial charge in [0.05, 0.1) is 0 Å². The molecule has 1 N–H and O–H groups in total. The fraction of sp³-hybridized carbons (Fsp3) is 0.667. The van der Waals surface area contributed by atoms with E-state index in [0.717, 1.165) is 12.8 Å². The standard InChI is InChI=1S/C9H15NOS/c1-9(5-3-6-9)10-8(11)4-7-12-2/h4,7H,3,5-6H2,1-2H3,(H,10,11)/b7-4+. The molecule has 0 unspecified atom stereocenters. The van der Waals surface area contributed by atoms with Gasteiger partial charge in [0, 0.05) is 11.6 Å². The first-order valence-corrected chi connectivity index (χ1v) is 5.47. The summed E-state index contributed by atoms with van der Waals surface area (Å²) in [7, 11) is 0. The van der Waals surface area contributed by atoms with Crippen molar-refractivity contribution in [1.29, 1.82) is 0 Å². The van der Waals surface area contributed by atoms with Crippen LogP contribution < -0.4 is 5.32 Å². The van der Waals surface area contributed by atoms with Crippen LogP contribution in [-0.4, -0.2) is 17.7 Å². The lowest BCUT2D eigenvalue weighted by Gasteiger charge is -2.38. The number of amides is 1. The number of thioether (sulfide) groups is 1. The lowest BCUT2D eigenvalue weighted by molar-refractivity contribution is -0.119. The zero-order chi connectivity index (χ0) is 9.03. The summed E-state index contributed by atoms with van der Waals surface area (Å²) in [6.07, 6.45) is 7.00. The Labute approximate surface area is 77.8 Å². The molecular weight excluding hydrogens is 170 g/mol. The molecule has 1 saturated carbocycles. The molecule has 0 aromatic heterocycles. The Morgan fingerprint density at radius 1 is 1.58 bits per heavy atom. The van der Waals surface area contributed by atoms with E-state index in [1.165, 1.54) is 6.42 Å². The van der Waals surface area contributed by atoms with E-state index >= 15 is 0 Å². The molecular formula is C9H15NOS. The van der Waals surface area contributed by atoms with Crippen molar-refractivity contribution in [2.45, 2.75) is 31.7 Å². The third-order valence-electron chi connectivity index (χ3n) is 2.24. The van der Waals surface area contributed by atoms with Crippen LogP contribution in [0.3, 0.4) is 0 Å². The lowest BCUT2D eigenvalue weighted by atomic mass is 9.78. The molecule has 0 heterocycles. The molecule has 3 heteroatoms. The summed E-state index contributed by atoms with van der Waals surface area (Å²) in [5.41, 5.74) is 0.0832. The van der Waals surface area contributed by atoms with E-state index < -0.39 is 0 Å². The average molecular weight is 185 g/mol. The second-order valence-electron chi connectivity index (χ2n) is 3.44. The van der Waals surface area contributed by atoms with Crippen LogP contribution in [0.5, 0.6) is 0 Å². The molecule has 1 aliphatic rings. The molecule has 0 radical (unpaired) electrons. The number of hydrogen-bond donors (Lipinski definition) is 1. The first-order chi connectivity index (χ1) is 5.66. The summed E-state index contributed by atoms with van der Waals surface area (Å²) in [5, 5.41) is 4.79. The summed E-state index contributed by atoms with van der Waals surface area (Å²) in [6.45, 7) is 2.10. The van der Waals surface area contributed by atoms with E-state index in [1.54, 1.807) is 23.2 Å². The number of rotatable bonds is 3. The highest BCUT2D eigenvalue weighted by atomic mass is 32.2. The van der Waals surface area contributed by atoms with Crippen LogP contribution in [-0.2, 0) is 4.79 Å². The minimum absolute atomic E-state index is 0.0338. The van der Waals surface area contributed by atoms with Gasteiger partial charge in [0.25, 0.3) is 0 Å². The zero-order valence-electron chi connectivity index (χ0n) is 7.59. The first-order valence-electron chi connectivity index (χ1n) is 4.18. The second-order valence-corrected chi connectivity index (χ2v) is 4.19. The smallest absolute Gasteiger partial charge is 0.244 e. The van der Waals surface area contributed by atoms with Crippen LogP contribution in [0.1, 0.15) is 26.2 Å². The van der Waals surface area contributed by atoms with Crippen LogP contribution in [0.4, 0.5) is 0 Å². The number of hydrogen-bond acceptors (Lipinski definition) is 2. The van der Waals surface area contributed by atoms with Crippen molar-refractivity contribution >= 4 is 17.7 Å². The van der Waals surface area contributed by atoms with Crippen molar-refractivity contribution < 1.29 is 4.79 Å². The van der Waals surface area contributed by atoms with E-state index in [9.17, 15) is 4.79 Å². The van der Waals surface area contributed by atoms with Gasteiger partial charge in [-0.05, 0) is 37.9 Å². The van der Waals surface area contributed by atoms with Crippen molar-refractivity contribution in [2.75, 3.05) is 6.26 Å². The quantitative estimate of drug-likeness (QED) is 0.681. The van der Waals surface area contributed by atoms with E-state index in [-0.39, 0.29) is 11.4 Å². The number of carbonyl (C=O) groups is 1. The van der Waals surface area contributed by atoms with Gasteiger partial charge >= 0.3 is 0 Å². The Morgan fingerprint density at radius 2 is 2.25 bits per heavy atom. The Kier molecular flexibility index (Phi) is 3.20. The second kappa shape index (κ2) is 3.99. The van der Waals surface area contributed by atoms with Crippen molar-refractivity contribution in [1.82, 2.24) is 5.32 Å². The van der Waals surface area contributed by atoms with Crippen LogP contribution in [0.15, 0.2) is 11.5 Å². The van der Waals surface area contributed by atoms with Crippen LogP contribution in [0.2, 0.25) is 0 Å². The van der Waals surface area contributed by atoms with E-state index in [4.69, 9.17) is 0 Å².